The monoisotopic (exact) mass is 320 g/mol. The average molecular weight is 320 g/mol. The zero-order chi connectivity index (χ0) is 15.5. The number of aromatic nitrogens is 2. The SMILES string of the molecule is C[C@@H]1CN(C)CCN1C(=O)CCc1nc(-c2cccs2)no1. The summed E-state index contributed by atoms with van der Waals surface area (Å²) >= 11 is 1.57. The van der Waals surface area contributed by atoms with Gasteiger partial charge in [-0.2, -0.15) is 4.98 Å². The van der Waals surface area contributed by atoms with Crippen molar-refractivity contribution in [2.75, 3.05) is 26.7 Å². The number of carbonyl (C=O) groups excluding carboxylic acids is 1. The third-order valence-electron chi connectivity index (χ3n) is 3.91. The Morgan fingerprint density at radius 3 is 3.09 bits per heavy atom. The highest BCUT2D eigenvalue weighted by Crippen LogP contribution is 2.21. The second-order valence-electron chi connectivity index (χ2n) is 5.69. The Labute approximate surface area is 133 Å². The summed E-state index contributed by atoms with van der Waals surface area (Å²) in [7, 11) is 2.09. The molecule has 6 nitrogen and oxygen atoms in total. The number of hydrogen-bond acceptors (Lipinski definition) is 6. The van der Waals surface area contributed by atoms with E-state index >= 15 is 0 Å². The normalized spacial score (nSPS) is 19.5. The number of hydrogen-bond donors (Lipinski definition) is 0. The average Bonchev–Trinajstić information content (AvgIpc) is 3.16. The van der Waals surface area contributed by atoms with E-state index in [9.17, 15) is 4.79 Å². The van der Waals surface area contributed by atoms with Crippen molar-refractivity contribution in [3.05, 3.63) is 23.4 Å². The maximum Gasteiger partial charge on any atom is 0.227 e. The van der Waals surface area contributed by atoms with Crippen LogP contribution in [0.1, 0.15) is 19.2 Å². The zero-order valence-corrected chi connectivity index (χ0v) is 13.7. The van der Waals surface area contributed by atoms with Crippen LogP contribution >= 0.6 is 11.3 Å². The van der Waals surface area contributed by atoms with Gasteiger partial charge in [-0.1, -0.05) is 11.2 Å². The highest BCUT2D eigenvalue weighted by molar-refractivity contribution is 7.13. The first-order valence-corrected chi connectivity index (χ1v) is 8.36. The molecule has 2 aromatic heterocycles. The predicted molar refractivity (Wildman–Crippen MR) is 84.6 cm³/mol. The number of piperazine rings is 1. The third-order valence-corrected chi connectivity index (χ3v) is 4.78. The Bertz CT molecular complexity index is 625. The van der Waals surface area contributed by atoms with E-state index in [1.807, 2.05) is 22.4 Å². The molecular weight excluding hydrogens is 300 g/mol. The summed E-state index contributed by atoms with van der Waals surface area (Å²) in [6.45, 7) is 4.74. The van der Waals surface area contributed by atoms with Gasteiger partial charge in [0.25, 0.3) is 0 Å². The number of thiophene rings is 1. The fraction of sp³-hybridized carbons (Fsp3) is 0.533. The summed E-state index contributed by atoms with van der Waals surface area (Å²) < 4.78 is 5.24. The quantitative estimate of drug-likeness (QED) is 0.861. The summed E-state index contributed by atoms with van der Waals surface area (Å²) in [5.74, 6) is 1.29. The van der Waals surface area contributed by atoms with Crippen LogP contribution in [0, 0.1) is 0 Å². The molecule has 0 aromatic carbocycles. The van der Waals surface area contributed by atoms with Crippen LogP contribution in [0.4, 0.5) is 0 Å². The molecular formula is C15H20N4O2S. The minimum absolute atomic E-state index is 0.163. The van der Waals surface area contributed by atoms with Crippen molar-refractivity contribution in [1.29, 1.82) is 0 Å². The summed E-state index contributed by atoms with van der Waals surface area (Å²) in [4.78, 5) is 21.9. The molecule has 118 valence electrons. The van der Waals surface area contributed by atoms with Crippen molar-refractivity contribution >= 4 is 17.2 Å². The van der Waals surface area contributed by atoms with Gasteiger partial charge in [-0.15, -0.1) is 11.3 Å². The molecule has 0 unspecified atom stereocenters. The minimum Gasteiger partial charge on any atom is -0.339 e. The topological polar surface area (TPSA) is 62.5 Å². The van der Waals surface area contributed by atoms with Crippen LogP contribution in [0.2, 0.25) is 0 Å². The summed E-state index contributed by atoms with van der Waals surface area (Å²) in [6.07, 6.45) is 0.913. The van der Waals surface area contributed by atoms with Gasteiger partial charge in [0.15, 0.2) is 0 Å². The molecule has 1 fully saturated rings. The first-order valence-electron chi connectivity index (χ1n) is 7.48. The standard InChI is InChI=1S/C15H20N4O2S/c1-11-10-18(2)7-8-19(11)14(20)6-5-13-16-15(17-21-13)12-4-3-9-22-12/h3-4,9,11H,5-8,10H2,1-2H3/t11-/m1/s1. The lowest BCUT2D eigenvalue weighted by Crippen LogP contribution is -2.52. The van der Waals surface area contributed by atoms with Crippen LogP contribution in [-0.2, 0) is 11.2 Å². The maximum absolute atomic E-state index is 12.3. The van der Waals surface area contributed by atoms with Crippen molar-refractivity contribution < 1.29 is 9.32 Å². The van der Waals surface area contributed by atoms with Gasteiger partial charge in [-0.3, -0.25) is 4.79 Å². The molecule has 0 spiro atoms. The van der Waals surface area contributed by atoms with Crippen LogP contribution < -0.4 is 0 Å². The lowest BCUT2D eigenvalue weighted by molar-refractivity contribution is -0.135. The number of amides is 1. The van der Waals surface area contributed by atoms with Gasteiger partial charge < -0.3 is 14.3 Å². The molecule has 1 aliphatic rings. The highest BCUT2D eigenvalue weighted by atomic mass is 32.1. The number of nitrogens with zero attached hydrogens (tertiary/aromatic N) is 4. The third kappa shape index (κ3) is 3.36. The van der Waals surface area contributed by atoms with Gasteiger partial charge >= 0.3 is 0 Å². The molecule has 1 aliphatic heterocycles. The van der Waals surface area contributed by atoms with E-state index in [0.717, 1.165) is 24.5 Å². The van der Waals surface area contributed by atoms with Gasteiger partial charge in [0, 0.05) is 38.5 Å². The molecule has 7 heteroatoms. The fourth-order valence-electron chi connectivity index (χ4n) is 2.73. The molecule has 2 aromatic rings. The summed E-state index contributed by atoms with van der Waals surface area (Å²) in [6, 6.07) is 4.17. The molecule has 0 aliphatic carbocycles. The van der Waals surface area contributed by atoms with Gasteiger partial charge in [-0.25, -0.2) is 0 Å². The van der Waals surface area contributed by atoms with Crippen LogP contribution in [-0.4, -0.2) is 58.6 Å². The molecule has 1 atom stereocenters. The first-order chi connectivity index (χ1) is 10.6. The van der Waals surface area contributed by atoms with Crippen molar-refractivity contribution in [2.24, 2.45) is 0 Å². The van der Waals surface area contributed by atoms with E-state index in [1.165, 1.54) is 0 Å². The molecule has 1 amide bonds. The van der Waals surface area contributed by atoms with Crippen molar-refractivity contribution in [3.63, 3.8) is 0 Å². The van der Waals surface area contributed by atoms with E-state index in [0.29, 0.717) is 24.6 Å². The molecule has 0 saturated carbocycles. The van der Waals surface area contributed by atoms with E-state index in [1.54, 1.807) is 11.3 Å². The second-order valence-corrected chi connectivity index (χ2v) is 6.64. The molecule has 0 bridgehead atoms. The number of likely N-dealkylation sites (N-methyl/N-ethyl adjacent to an activating group) is 1. The Hall–Kier alpha value is -1.73. The largest absolute Gasteiger partial charge is 0.339 e. The molecule has 3 heterocycles. The zero-order valence-electron chi connectivity index (χ0n) is 12.9. The first kappa shape index (κ1) is 15.2. The fourth-order valence-corrected chi connectivity index (χ4v) is 3.38. The van der Waals surface area contributed by atoms with Gasteiger partial charge in [0.1, 0.15) is 0 Å². The van der Waals surface area contributed by atoms with Crippen molar-refractivity contribution in [3.8, 4) is 10.7 Å². The van der Waals surface area contributed by atoms with E-state index < -0.39 is 0 Å². The van der Waals surface area contributed by atoms with E-state index in [4.69, 9.17) is 4.52 Å². The summed E-state index contributed by atoms with van der Waals surface area (Å²) in [5, 5.41) is 5.94. The maximum atomic E-state index is 12.3. The molecule has 22 heavy (non-hydrogen) atoms. The van der Waals surface area contributed by atoms with E-state index in [2.05, 4.69) is 29.0 Å². The molecule has 0 N–H and O–H groups in total. The molecule has 0 radical (unpaired) electrons. The van der Waals surface area contributed by atoms with Gasteiger partial charge in [-0.05, 0) is 25.4 Å². The van der Waals surface area contributed by atoms with Crippen molar-refractivity contribution in [1.82, 2.24) is 19.9 Å². The van der Waals surface area contributed by atoms with Crippen LogP contribution in [0.3, 0.4) is 0 Å². The predicted octanol–water partition coefficient (Wildman–Crippen LogP) is 1.89. The Kier molecular flexibility index (Phi) is 4.54. The Morgan fingerprint density at radius 2 is 2.36 bits per heavy atom. The van der Waals surface area contributed by atoms with E-state index in [-0.39, 0.29) is 11.9 Å². The Balaban J connectivity index is 1.55. The lowest BCUT2D eigenvalue weighted by atomic mass is 10.1. The van der Waals surface area contributed by atoms with Crippen molar-refractivity contribution in [2.45, 2.75) is 25.8 Å². The highest BCUT2D eigenvalue weighted by Gasteiger charge is 2.25. The summed E-state index contributed by atoms with van der Waals surface area (Å²) in [5.41, 5.74) is 0. The second kappa shape index (κ2) is 6.58. The Morgan fingerprint density at radius 1 is 1.50 bits per heavy atom. The number of rotatable bonds is 4. The van der Waals surface area contributed by atoms with Gasteiger partial charge in [0.2, 0.25) is 17.6 Å². The lowest BCUT2D eigenvalue weighted by Gasteiger charge is -2.38. The van der Waals surface area contributed by atoms with Crippen LogP contribution in [0.5, 0.6) is 0 Å². The number of carbonyl (C=O) groups is 1. The molecule has 3 rings (SSSR count). The molecule has 1 saturated heterocycles. The minimum atomic E-state index is 0.163. The van der Waals surface area contributed by atoms with Crippen LogP contribution in [0.25, 0.3) is 10.7 Å². The van der Waals surface area contributed by atoms with Crippen LogP contribution in [0.15, 0.2) is 22.0 Å². The smallest absolute Gasteiger partial charge is 0.227 e. The van der Waals surface area contributed by atoms with Gasteiger partial charge in [0.05, 0.1) is 4.88 Å². The number of aryl methyl sites for hydroxylation is 1.